The van der Waals surface area contributed by atoms with Crippen LogP contribution in [-0.2, 0) is 6.18 Å². The SMILES string of the molecule is CNC(c1ccc(F)c(C(F)(F)F)c1)c1ccncc1C. The van der Waals surface area contributed by atoms with Gasteiger partial charge < -0.3 is 5.32 Å². The third-order valence-electron chi connectivity index (χ3n) is 3.29. The Balaban J connectivity index is 2.52. The van der Waals surface area contributed by atoms with E-state index in [4.69, 9.17) is 0 Å². The van der Waals surface area contributed by atoms with Crippen LogP contribution in [0.25, 0.3) is 0 Å². The van der Waals surface area contributed by atoms with E-state index >= 15 is 0 Å². The zero-order valence-corrected chi connectivity index (χ0v) is 11.5. The topological polar surface area (TPSA) is 24.9 Å². The van der Waals surface area contributed by atoms with Crippen molar-refractivity contribution >= 4 is 0 Å². The molecular formula is C15H14F4N2. The molecule has 0 radical (unpaired) electrons. The lowest BCUT2D eigenvalue weighted by Crippen LogP contribution is -2.20. The van der Waals surface area contributed by atoms with Gasteiger partial charge in [0.2, 0.25) is 0 Å². The van der Waals surface area contributed by atoms with Gasteiger partial charge in [-0.3, -0.25) is 4.98 Å². The molecule has 1 N–H and O–H groups in total. The first-order valence-electron chi connectivity index (χ1n) is 6.29. The number of aryl methyl sites for hydroxylation is 1. The summed E-state index contributed by atoms with van der Waals surface area (Å²) < 4.78 is 51.8. The molecule has 2 aromatic rings. The molecule has 2 nitrogen and oxygen atoms in total. The van der Waals surface area contributed by atoms with Gasteiger partial charge >= 0.3 is 6.18 Å². The minimum atomic E-state index is -4.72. The first-order valence-corrected chi connectivity index (χ1v) is 6.29. The summed E-state index contributed by atoms with van der Waals surface area (Å²) in [7, 11) is 1.64. The highest BCUT2D eigenvalue weighted by atomic mass is 19.4. The van der Waals surface area contributed by atoms with Crippen molar-refractivity contribution in [1.82, 2.24) is 10.3 Å². The molecule has 0 aliphatic carbocycles. The molecule has 6 heteroatoms. The van der Waals surface area contributed by atoms with Gasteiger partial charge in [-0.2, -0.15) is 13.2 Å². The quantitative estimate of drug-likeness (QED) is 0.870. The van der Waals surface area contributed by atoms with Gasteiger partial charge in [0.1, 0.15) is 5.82 Å². The van der Waals surface area contributed by atoms with Crippen molar-refractivity contribution in [2.45, 2.75) is 19.1 Å². The van der Waals surface area contributed by atoms with E-state index in [1.54, 1.807) is 25.5 Å². The predicted octanol–water partition coefficient (Wildman–Crippen LogP) is 3.86. The number of aromatic nitrogens is 1. The summed E-state index contributed by atoms with van der Waals surface area (Å²) in [4.78, 5) is 3.96. The molecule has 0 saturated heterocycles. The molecule has 0 spiro atoms. The second kappa shape index (κ2) is 5.81. The number of pyridine rings is 1. The second-order valence-corrected chi connectivity index (χ2v) is 4.69. The molecule has 1 heterocycles. The highest BCUT2D eigenvalue weighted by Gasteiger charge is 2.34. The number of nitrogens with one attached hydrogen (secondary N) is 1. The van der Waals surface area contributed by atoms with Crippen LogP contribution in [0.15, 0.2) is 36.7 Å². The maximum absolute atomic E-state index is 13.4. The Labute approximate surface area is 119 Å². The third kappa shape index (κ3) is 3.21. The highest BCUT2D eigenvalue weighted by molar-refractivity contribution is 5.38. The largest absolute Gasteiger partial charge is 0.419 e. The van der Waals surface area contributed by atoms with E-state index < -0.39 is 23.6 Å². The first kappa shape index (κ1) is 15.4. The molecule has 21 heavy (non-hydrogen) atoms. The van der Waals surface area contributed by atoms with E-state index in [1.165, 1.54) is 6.07 Å². The Bertz CT molecular complexity index is 638. The van der Waals surface area contributed by atoms with Crippen molar-refractivity contribution in [1.29, 1.82) is 0 Å². The van der Waals surface area contributed by atoms with Crippen LogP contribution in [0, 0.1) is 12.7 Å². The Morgan fingerprint density at radius 2 is 1.90 bits per heavy atom. The number of halogens is 4. The van der Waals surface area contributed by atoms with Gasteiger partial charge in [0, 0.05) is 12.4 Å². The second-order valence-electron chi connectivity index (χ2n) is 4.69. The van der Waals surface area contributed by atoms with E-state index in [0.29, 0.717) is 5.56 Å². The van der Waals surface area contributed by atoms with E-state index in [0.717, 1.165) is 23.3 Å². The maximum atomic E-state index is 13.4. The number of alkyl halides is 3. The van der Waals surface area contributed by atoms with Gasteiger partial charge in [-0.1, -0.05) is 6.07 Å². The zero-order chi connectivity index (χ0) is 15.6. The van der Waals surface area contributed by atoms with E-state index in [2.05, 4.69) is 10.3 Å². The molecule has 2 rings (SSSR count). The molecule has 1 unspecified atom stereocenters. The van der Waals surface area contributed by atoms with E-state index in [9.17, 15) is 17.6 Å². The Kier molecular flexibility index (Phi) is 4.27. The summed E-state index contributed by atoms with van der Waals surface area (Å²) in [5, 5.41) is 2.96. The molecule has 0 saturated carbocycles. The Morgan fingerprint density at radius 3 is 2.48 bits per heavy atom. The lowest BCUT2D eigenvalue weighted by Gasteiger charge is -2.20. The molecular weight excluding hydrogens is 284 g/mol. The average molecular weight is 298 g/mol. The third-order valence-corrected chi connectivity index (χ3v) is 3.29. The fourth-order valence-electron chi connectivity index (χ4n) is 2.25. The van der Waals surface area contributed by atoms with Gasteiger partial charge in [-0.05, 0) is 48.9 Å². The minimum Gasteiger partial charge on any atom is -0.309 e. The maximum Gasteiger partial charge on any atom is 0.419 e. The fraction of sp³-hybridized carbons (Fsp3) is 0.267. The molecule has 0 fully saturated rings. The summed E-state index contributed by atoms with van der Waals surface area (Å²) in [6, 6.07) is 4.31. The van der Waals surface area contributed by atoms with Crippen molar-refractivity contribution < 1.29 is 17.6 Å². The van der Waals surface area contributed by atoms with Crippen LogP contribution >= 0.6 is 0 Å². The molecule has 0 amide bonds. The van der Waals surface area contributed by atoms with Gasteiger partial charge in [0.05, 0.1) is 11.6 Å². The van der Waals surface area contributed by atoms with Crippen LogP contribution < -0.4 is 5.32 Å². The van der Waals surface area contributed by atoms with E-state index in [1.807, 2.05) is 6.92 Å². The summed E-state index contributed by atoms with van der Waals surface area (Å²) in [6.45, 7) is 1.82. The Morgan fingerprint density at radius 1 is 1.19 bits per heavy atom. The van der Waals surface area contributed by atoms with Crippen molar-refractivity contribution in [3.63, 3.8) is 0 Å². The highest BCUT2D eigenvalue weighted by Crippen LogP contribution is 2.34. The first-order chi connectivity index (χ1) is 9.84. The molecule has 1 atom stereocenters. The van der Waals surface area contributed by atoms with Crippen molar-refractivity contribution in [2.75, 3.05) is 7.05 Å². The van der Waals surface area contributed by atoms with Gasteiger partial charge in [0.25, 0.3) is 0 Å². The van der Waals surface area contributed by atoms with Crippen molar-refractivity contribution in [2.24, 2.45) is 0 Å². The van der Waals surface area contributed by atoms with Crippen LogP contribution in [0.3, 0.4) is 0 Å². The Hall–Kier alpha value is -1.95. The number of hydrogen-bond donors (Lipinski definition) is 1. The minimum absolute atomic E-state index is 0.348. The summed E-state index contributed by atoms with van der Waals surface area (Å²) in [6.07, 6.45) is -1.51. The average Bonchev–Trinajstić information content (AvgIpc) is 2.42. The molecule has 0 aliphatic rings. The number of hydrogen-bond acceptors (Lipinski definition) is 2. The van der Waals surface area contributed by atoms with Crippen LogP contribution in [0.2, 0.25) is 0 Å². The number of benzene rings is 1. The van der Waals surface area contributed by atoms with E-state index in [-0.39, 0.29) is 0 Å². The number of nitrogens with zero attached hydrogens (tertiary/aromatic N) is 1. The van der Waals surface area contributed by atoms with Crippen molar-refractivity contribution in [3.05, 3.63) is 64.7 Å². The summed E-state index contributed by atoms with van der Waals surface area (Å²) >= 11 is 0. The van der Waals surface area contributed by atoms with Crippen LogP contribution in [0.1, 0.15) is 28.3 Å². The summed E-state index contributed by atoms with van der Waals surface area (Å²) in [5.74, 6) is -1.27. The molecule has 0 bridgehead atoms. The standard InChI is InChI=1S/C15H14F4N2/c1-9-8-21-6-5-11(9)14(20-2)10-3-4-13(16)12(7-10)15(17,18)19/h3-8,14,20H,1-2H3. The lowest BCUT2D eigenvalue weighted by atomic mass is 9.95. The molecule has 1 aromatic carbocycles. The molecule has 0 aliphatic heterocycles. The van der Waals surface area contributed by atoms with Crippen molar-refractivity contribution in [3.8, 4) is 0 Å². The lowest BCUT2D eigenvalue weighted by molar-refractivity contribution is -0.140. The van der Waals surface area contributed by atoms with Gasteiger partial charge in [-0.15, -0.1) is 0 Å². The monoisotopic (exact) mass is 298 g/mol. The normalized spacial score (nSPS) is 13.2. The van der Waals surface area contributed by atoms with Crippen LogP contribution in [0.4, 0.5) is 17.6 Å². The molecule has 1 aromatic heterocycles. The van der Waals surface area contributed by atoms with Gasteiger partial charge in [-0.25, -0.2) is 4.39 Å². The fourth-order valence-corrected chi connectivity index (χ4v) is 2.25. The number of rotatable bonds is 3. The van der Waals surface area contributed by atoms with Gasteiger partial charge in [0.15, 0.2) is 0 Å². The van der Waals surface area contributed by atoms with Crippen LogP contribution in [0.5, 0.6) is 0 Å². The summed E-state index contributed by atoms with van der Waals surface area (Å²) in [5.41, 5.74) is 0.731. The molecule has 112 valence electrons. The predicted molar refractivity (Wildman–Crippen MR) is 71.3 cm³/mol. The van der Waals surface area contributed by atoms with Crippen LogP contribution in [-0.4, -0.2) is 12.0 Å². The zero-order valence-electron chi connectivity index (χ0n) is 11.5. The smallest absolute Gasteiger partial charge is 0.309 e.